The molecule has 0 spiro atoms. The molecule has 3 saturated heterocycles. The highest BCUT2D eigenvalue weighted by Crippen LogP contribution is 2.37. The van der Waals surface area contributed by atoms with Crippen molar-refractivity contribution in [3.8, 4) is 6.07 Å². The number of rotatable bonds is 5. The number of nitrogens with one attached hydrogen (secondary N) is 1. The second-order valence-corrected chi connectivity index (χ2v) is 9.27. The minimum Gasteiger partial charge on any atom is -0.352 e. The molecule has 0 aromatic carbocycles. The summed E-state index contributed by atoms with van der Waals surface area (Å²) in [5, 5.41) is 17.0. The summed E-state index contributed by atoms with van der Waals surface area (Å²) in [7, 11) is 1.88. The minimum atomic E-state index is -0.0629. The molecule has 3 aliphatic heterocycles. The number of nitriles is 1. The Morgan fingerprint density at radius 1 is 1.23 bits per heavy atom. The molecule has 0 bridgehead atoms. The average Bonchev–Trinajstić information content (AvgIpc) is 3.16. The van der Waals surface area contributed by atoms with Gasteiger partial charge in [-0.15, -0.1) is 0 Å². The van der Waals surface area contributed by atoms with Crippen LogP contribution in [0.15, 0.2) is 18.6 Å². The van der Waals surface area contributed by atoms with E-state index in [2.05, 4.69) is 36.2 Å². The number of nitrogens with zero attached hydrogens (tertiary/aromatic N) is 8. The first kappa shape index (κ1) is 20.2. The molecule has 9 nitrogen and oxygen atoms in total. The molecular weight excluding hydrogens is 390 g/mol. The van der Waals surface area contributed by atoms with Gasteiger partial charge in [-0.25, -0.2) is 4.98 Å². The third-order valence-electron chi connectivity index (χ3n) is 7.09. The van der Waals surface area contributed by atoms with Crippen LogP contribution < -0.4 is 10.2 Å². The Bertz CT molecular complexity index is 972. The van der Waals surface area contributed by atoms with Gasteiger partial charge in [0.15, 0.2) is 0 Å². The van der Waals surface area contributed by atoms with E-state index in [1.54, 1.807) is 10.9 Å². The number of aromatic nitrogens is 4. The van der Waals surface area contributed by atoms with Crippen LogP contribution in [-0.2, 0) is 7.05 Å². The molecule has 0 unspecified atom stereocenters. The molecule has 0 amide bonds. The van der Waals surface area contributed by atoms with Crippen molar-refractivity contribution in [2.75, 3.05) is 49.5 Å². The minimum absolute atomic E-state index is 0.0629. The molecule has 5 heterocycles. The van der Waals surface area contributed by atoms with Crippen LogP contribution >= 0.6 is 0 Å². The fraction of sp³-hybridized carbons (Fsp3) is 0.636. The normalized spacial score (nSPS) is 23.6. The lowest BCUT2D eigenvalue weighted by Gasteiger charge is -2.59. The third kappa shape index (κ3) is 3.86. The number of anilines is 3. The summed E-state index contributed by atoms with van der Waals surface area (Å²) in [6.45, 7) is 8.25. The van der Waals surface area contributed by atoms with Crippen LogP contribution in [0.4, 0.5) is 17.5 Å². The lowest BCUT2D eigenvalue weighted by molar-refractivity contribution is -0.0249. The molecule has 3 aliphatic rings. The van der Waals surface area contributed by atoms with Crippen molar-refractivity contribution in [3.63, 3.8) is 0 Å². The molecule has 2 aromatic rings. The van der Waals surface area contributed by atoms with E-state index in [9.17, 15) is 5.26 Å². The maximum absolute atomic E-state index is 9.60. The Morgan fingerprint density at radius 2 is 2.10 bits per heavy atom. The zero-order valence-corrected chi connectivity index (χ0v) is 18.5. The number of fused-ring (bicyclic) bond motifs is 1. The zero-order valence-electron chi connectivity index (χ0n) is 18.5. The zero-order chi connectivity index (χ0) is 21.4. The lowest BCUT2D eigenvalue weighted by atomic mass is 9.82. The molecular formula is C22H31N9. The highest BCUT2D eigenvalue weighted by atomic mass is 15.4. The number of piperazine rings is 1. The molecule has 1 atom stereocenters. The Hall–Kier alpha value is -2.70. The molecule has 3 fully saturated rings. The molecule has 9 heteroatoms. The summed E-state index contributed by atoms with van der Waals surface area (Å²) >= 11 is 0. The molecule has 5 rings (SSSR count). The van der Waals surface area contributed by atoms with Gasteiger partial charge < -0.3 is 10.2 Å². The van der Waals surface area contributed by atoms with E-state index in [1.807, 2.05) is 26.4 Å². The Kier molecular flexibility index (Phi) is 5.28. The van der Waals surface area contributed by atoms with Crippen LogP contribution in [-0.4, -0.2) is 80.4 Å². The van der Waals surface area contributed by atoms with Crippen molar-refractivity contribution in [1.29, 1.82) is 5.26 Å². The van der Waals surface area contributed by atoms with Crippen LogP contribution in [0, 0.1) is 18.3 Å². The van der Waals surface area contributed by atoms with E-state index >= 15 is 0 Å². The van der Waals surface area contributed by atoms with Crippen molar-refractivity contribution in [3.05, 3.63) is 24.2 Å². The molecule has 0 radical (unpaired) electrons. The van der Waals surface area contributed by atoms with Crippen molar-refractivity contribution in [1.82, 2.24) is 29.5 Å². The van der Waals surface area contributed by atoms with Crippen molar-refractivity contribution >= 4 is 17.5 Å². The molecule has 1 N–H and O–H groups in total. The van der Waals surface area contributed by atoms with Gasteiger partial charge in [-0.05, 0) is 26.3 Å². The maximum Gasteiger partial charge on any atom is 0.229 e. The third-order valence-corrected chi connectivity index (χ3v) is 7.09. The first-order chi connectivity index (χ1) is 15.1. The summed E-state index contributed by atoms with van der Waals surface area (Å²) in [5.41, 5.74) is 1.86. The second-order valence-electron chi connectivity index (χ2n) is 9.27. The Morgan fingerprint density at radius 3 is 2.87 bits per heavy atom. The number of aryl methyl sites for hydroxylation is 2. The molecule has 0 saturated carbocycles. The van der Waals surface area contributed by atoms with Crippen molar-refractivity contribution < 1.29 is 0 Å². The number of hydrogen-bond acceptors (Lipinski definition) is 8. The van der Waals surface area contributed by atoms with Gasteiger partial charge in [-0.3, -0.25) is 14.5 Å². The van der Waals surface area contributed by atoms with Crippen LogP contribution in [0.5, 0.6) is 0 Å². The van der Waals surface area contributed by atoms with Gasteiger partial charge >= 0.3 is 0 Å². The van der Waals surface area contributed by atoms with E-state index in [4.69, 9.17) is 4.98 Å². The summed E-state index contributed by atoms with van der Waals surface area (Å²) in [5.74, 6) is 1.52. The van der Waals surface area contributed by atoms with E-state index in [0.29, 0.717) is 18.4 Å². The lowest BCUT2D eigenvalue weighted by Crippen LogP contribution is -2.74. The van der Waals surface area contributed by atoms with Crippen LogP contribution in [0.1, 0.15) is 31.2 Å². The van der Waals surface area contributed by atoms with E-state index in [0.717, 1.165) is 49.8 Å². The predicted molar refractivity (Wildman–Crippen MR) is 119 cm³/mol. The summed E-state index contributed by atoms with van der Waals surface area (Å²) in [4.78, 5) is 16.8. The maximum atomic E-state index is 9.60. The first-order valence-electron chi connectivity index (χ1n) is 11.3. The number of piperidine rings is 1. The molecule has 2 aromatic heterocycles. The fourth-order valence-electron chi connectivity index (χ4n) is 5.40. The van der Waals surface area contributed by atoms with Crippen LogP contribution in [0.25, 0.3) is 0 Å². The van der Waals surface area contributed by atoms with Crippen LogP contribution in [0.3, 0.4) is 0 Å². The Labute approximate surface area is 183 Å². The van der Waals surface area contributed by atoms with Gasteiger partial charge in [0.25, 0.3) is 0 Å². The molecule has 0 aliphatic carbocycles. The quantitative estimate of drug-likeness (QED) is 0.783. The Balaban J connectivity index is 1.30. The van der Waals surface area contributed by atoms with Crippen molar-refractivity contribution in [2.24, 2.45) is 7.05 Å². The number of hydrogen-bond donors (Lipinski definition) is 1. The summed E-state index contributed by atoms with van der Waals surface area (Å²) < 4.78 is 1.75. The van der Waals surface area contributed by atoms with Gasteiger partial charge in [0, 0.05) is 63.8 Å². The molecule has 164 valence electrons. The standard InChI is InChI=1S/C22H31N9/c1-17-11-24-21(26-18-12-25-28(2)13-18)27-20(17)30-15-22(16-30,6-7-23)31-10-9-29-8-4-3-5-19(29)14-31/h11-13,19H,3-6,8-10,14-16H2,1-2H3,(H,24,26,27)/t19-/m0/s1. The average molecular weight is 422 g/mol. The van der Waals surface area contributed by atoms with Gasteiger partial charge in [-0.2, -0.15) is 15.3 Å². The van der Waals surface area contributed by atoms with E-state index in [-0.39, 0.29) is 5.54 Å². The largest absolute Gasteiger partial charge is 0.352 e. The summed E-state index contributed by atoms with van der Waals surface area (Å²) in [6.07, 6.45) is 10.0. The van der Waals surface area contributed by atoms with E-state index in [1.165, 1.54) is 25.8 Å². The molecule has 31 heavy (non-hydrogen) atoms. The topological polar surface area (TPSA) is 89.1 Å². The van der Waals surface area contributed by atoms with E-state index < -0.39 is 0 Å². The van der Waals surface area contributed by atoms with Gasteiger partial charge in [0.2, 0.25) is 5.95 Å². The highest BCUT2D eigenvalue weighted by Gasteiger charge is 2.50. The fourth-order valence-corrected chi connectivity index (χ4v) is 5.40. The monoisotopic (exact) mass is 421 g/mol. The first-order valence-corrected chi connectivity index (χ1v) is 11.3. The van der Waals surface area contributed by atoms with Crippen molar-refractivity contribution in [2.45, 2.75) is 44.2 Å². The predicted octanol–water partition coefficient (Wildman–Crippen LogP) is 1.90. The summed E-state index contributed by atoms with van der Waals surface area (Å²) in [6, 6.07) is 3.13. The van der Waals surface area contributed by atoms with Crippen LogP contribution in [0.2, 0.25) is 0 Å². The smallest absolute Gasteiger partial charge is 0.229 e. The highest BCUT2D eigenvalue weighted by molar-refractivity contribution is 5.57. The van der Waals surface area contributed by atoms with Gasteiger partial charge in [0.1, 0.15) is 5.82 Å². The second kappa shape index (κ2) is 8.09. The van der Waals surface area contributed by atoms with Gasteiger partial charge in [-0.1, -0.05) is 6.42 Å². The SMILES string of the molecule is Cc1cnc(Nc2cnn(C)c2)nc1N1CC(CC#N)(N2CCN3CCCC[C@H]3C2)C1. The van der Waals surface area contributed by atoms with Gasteiger partial charge in [0.05, 0.1) is 29.9 Å².